The number of para-hydroxylation sites is 1. The molecular formula is C15H11FO3. The first-order valence-corrected chi connectivity index (χ1v) is 5.65. The molecule has 4 heteroatoms. The molecule has 0 aliphatic rings. The third-order valence-corrected chi connectivity index (χ3v) is 2.47. The number of ether oxygens (including phenoxy) is 1. The Bertz CT molecular complexity index is 635. The van der Waals surface area contributed by atoms with E-state index in [9.17, 15) is 14.0 Å². The minimum Gasteiger partial charge on any atom is -0.426 e. The highest BCUT2D eigenvalue weighted by Crippen LogP contribution is 2.22. The molecule has 0 saturated heterocycles. The maximum Gasteiger partial charge on any atom is 0.308 e. The number of hydrogen-bond acceptors (Lipinski definition) is 3. The number of carbonyl (C=O) groups is 2. The summed E-state index contributed by atoms with van der Waals surface area (Å²) in [4.78, 5) is 23.2. The van der Waals surface area contributed by atoms with Crippen LogP contribution in [0.25, 0.3) is 0 Å². The van der Waals surface area contributed by atoms with Crippen molar-refractivity contribution in [1.82, 2.24) is 0 Å². The summed E-state index contributed by atoms with van der Waals surface area (Å²) in [5.74, 6) is -1.23. The molecule has 0 radical (unpaired) electrons. The largest absolute Gasteiger partial charge is 0.426 e. The number of rotatable bonds is 3. The molecule has 0 unspecified atom stereocenters. The lowest BCUT2D eigenvalue weighted by molar-refractivity contribution is -0.131. The molecular weight excluding hydrogens is 247 g/mol. The summed E-state index contributed by atoms with van der Waals surface area (Å²) in [7, 11) is 0. The molecule has 0 aliphatic carbocycles. The highest BCUT2D eigenvalue weighted by Gasteiger charge is 2.15. The Hall–Kier alpha value is -2.49. The van der Waals surface area contributed by atoms with Crippen LogP contribution >= 0.6 is 0 Å². The molecule has 0 amide bonds. The Morgan fingerprint density at radius 3 is 2.47 bits per heavy atom. The van der Waals surface area contributed by atoms with Gasteiger partial charge in [-0.1, -0.05) is 24.3 Å². The van der Waals surface area contributed by atoms with Crippen molar-refractivity contribution in [3.63, 3.8) is 0 Å². The van der Waals surface area contributed by atoms with Crippen molar-refractivity contribution in [1.29, 1.82) is 0 Å². The van der Waals surface area contributed by atoms with Crippen molar-refractivity contribution in [2.75, 3.05) is 0 Å². The summed E-state index contributed by atoms with van der Waals surface area (Å²) in [5, 5.41) is 0. The molecule has 0 spiro atoms. The van der Waals surface area contributed by atoms with Crippen LogP contribution in [0.2, 0.25) is 0 Å². The molecule has 3 nitrogen and oxygen atoms in total. The highest BCUT2D eigenvalue weighted by molar-refractivity contribution is 6.10. The fourth-order valence-corrected chi connectivity index (χ4v) is 1.68. The fourth-order valence-electron chi connectivity index (χ4n) is 1.68. The van der Waals surface area contributed by atoms with E-state index in [4.69, 9.17) is 4.74 Å². The zero-order valence-corrected chi connectivity index (χ0v) is 10.2. The van der Waals surface area contributed by atoms with Crippen LogP contribution in [0.1, 0.15) is 22.8 Å². The van der Waals surface area contributed by atoms with E-state index < -0.39 is 17.6 Å². The average molecular weight is 258 g/mol. The summed E-state index contributed by atoms with van der Waals surface area (Å²) in [6.45, 7) is 1.25. The van der Waals surface area contributed by atoms with Crippen molar-refractivity contribution in [2.24, 2.45) is 0 Å². The van der Waals surface area contributed by atoms with Crippen LogP contribution in [0.3, 0.4) is 0 Å². The molecule has 2 rings (SSSR count). The van der Waals surface area contributed by atoms with Crippen LogP contribution in [-0.2, 0) is 4.79 Å². The average Bonchev–Trinajstić information content (AvgIpc) is 2.38. The van der Waals surface area contributed by atoms with Crippen LogP contribution in [0.15, 0.2) is 48.5 Å². The molecule has 0 aromatic heterocycles. The molecule has 0 aliphatic heterocycles. The lowest BCUT2D eigenvalue weighted by atomic mass is 10.0. The van der Waals surface area contributed by atoms with Gasteiger partial charge < -0.3 is 4.74 Å². The fraction of sp³-hybridized carbons (Fsp3) is 0.0667. The molecule has 0 atom stereocenters. The first-order valence-electron chi connectivity index (χ1n) is 5.65. The van der Waals surface area contributed by atoms with Crippen molar-refractivity contribution >= 4 is 11.8 Å². The SMILES string of the molecule is CC(=O)Oc1ccccc1C(=O)c1cccc(F)c1. The van der Waals surface area contributed by atoms with Crippen LogP contribution < -0.4 is 4.74 Å². The van der Waals surface area contributed by atoms with Gasteiger partial charge in [0, 0.05) is 12.5 Å². The van der Waals surface area contributed by atoms with E-state index in [0.29, 0.717) is 0 Å². The van der Waals surface area contributed by atoms with Crippen LogP contribution in [0.5, 0.6) is 5.75 Å². The standard InChI is InChI=1S/C15H11FO3/c1-10(17)19-14-8-3-2-7-13(14)15(18)11-5-4-6-12(16)9-11/h2-9H,1H3. The summed E-state index contributed by atoms with van der Waals surface area (Å²) in [6.07, 6.45) is 0. The second kappa shape index (κ2) is 5.44. The van der Waals surface area contributed by atoms with Gasteiger partial charge in [0.15, 0.2) is 5.78 Å². The molecule has 0 heterocycles. The molecule has 0 saturated carbocycles. The Labute approximate surface area is 109 Å². The molecule has 2 aromatic carbocycles. The van der Waals surface area contributed by atoms with E-state index in [1.807, 2.05) is 0 Å². The molecule has 2 aromatic rings. The van der Waals surface area contributed by atoms with Gasteiger partial charge in [0.25, 0.3) is 0 Å². The van der Waals surface area contributed by atoms with Gasteiger partial charge in [-0.15, -0.1) is 0 Å². The highest BCUT2D eigenvalue weighted by atomic mass is 19.1. The Morgan fingerprint density at radius 2 is 1.79 bits per heavy atom. The quantitative estimate of drug-likeness (QED) is 0.483. The molecule has 0 bridgehead atoms. The van der Waals surface area contributed by atoms with Crippen molar-refractivity contribution < 1.29 is 18.7 Å². The minimum atomic E-state index is -0.514. The maximum atomic E-state index is 13.1. The van der Waals surface area contributed by atoms with E-state index in [0.717, 1.165) is 6.07 Å². The smallest absolute Gasteiger partial charge is 0.308 e. The lowest BCUT2D eigenvalue weighted by Crippen LogP contribution is -2.08. The van der Waals surface area contributed by atoms with E-state index in [1.165, 1.54) is 37.3 Å². The van der Waals surface area contributed by atoms with Gasteiger partial charge in [-0.2, -0.15) is 0 Å². The summed E-state index contributed by atoms with van der Waals surface area (Å²) >= 11 is 0. The molecule has 0 N–H and O–H groups in total. The van der Waals surface area contributed by atoms with E-state index in [-0.39, 0.29) is 16.9 Å². The Balaban J connectivity index is 2.41. The lowest BCUT2D eigenvalue weighted by Gasteiger charge is -2.07. The maximum absolute atomic E-state index is 13.1. The van der Waals surface area contributed by atoms with Crippen LogP contribution in [-0.4, -0.2) is 11.8 Å². The first kappa shape index (κ1) is 13.0. The number of halogens is 1. The zero-order valence-electron chi connectivity index (χ0n) is 10.2. The second-order valence-electron chi connectivity index (χ2n) is 3.93. The predicted octanol–water partition coefficient (Wildman–Crippen LogP) is 2.98. The summed E-state index contributed by atoms with van der Waals surface area (Å²) in [6, 6.07) is 11.7. The first-order chi connectivity index (χ1) is 9.08. The second-order valence-corrected chi connectivity index (χ2v) is 3.93. The monoisotopic (exact) mass is 258 g/mol. The Morgan fingerprint density at radius 1 is 1.05 bits per heavy atom. The van der Waals surface area contributed by atoms with Gasteiger partial charge in [0.1, 0.15) is 11.6 Å². The van der Waals surface area contributed by atoms with E-state index >= 15 is 0 Å². The van der Waals surface area contributed by atoms with Gasteiger partial charge >= 0.3 is 5.97 Å². The molecule has 96 valence electrons. The van der Waals surface area contributed by atoms with Crippen molar-refractivity contribution in [3.8, 4) is 5.75 Å². The van der Waals surface area contributed by atoms with E-state index in [2.05, 4.69) is 0 Å². The Kier molecular flexibility index (Phi) is 3.71. The summed E-state index contributed by atoms with van der Waals surface area (Å²) in [5.41, 5.74) is 0.433. The predicted molar refractivity (Wildman–Crippen MR) is 67.6 cm³/mol. The van der Waals surface area contributed by atoms with Gasteiger partial charge in [0.2, 0.25) is 0 Å². The molecule has 19 heavy (non-hydrogen) atoms. The van der Waals surface area contributed by atoms with Gasteiger partial charge in [-0.3, -0.25) is 9.59 Å². The third kappa shape index (κ3) is 3.04. The number of ketones is 1. The zero-order chi connectivity index (χ0) is 13.8. The number of benzene rings is 2. The number of hydrogen-bond donors (Lipinski definition) is 0. The number of esters is 1. The van der Waals surface area contributed by atoms with Crippen LogP contribution in [0.4, 0.5) is 4.39 Å². The minimum absolute atomic E-state index is 0.171. The number of carbonyl (C=O) groups excluding carboxylic acids is 2. The van der Waals surface area contributed by atoms with Gasteiger partial charge in [-0.25, -0.2) is 4.39 Å². The summed E-state index contributed by atoms with van der Waals surface area (Å²) < 4.78 is 18.1. The third-order valence-electron chi connectivity index (χ3n) is 2.47. The molecule has 0 fully saturated rings. The van der Waals surface area contributed by atoms with Gasteiger partial charge in [-0.05, 0) is 24.3 Å². The topological polar surface area (TPSA) is 43.4 Å². The normalized spacial score (nSPS) is 10.0. The van der Waals surface area contributed by atoms with Crippen molar-refractivity contribution in [2.45, 2.75) is 6.92 Å². The van der Waals surface area contributed by atoms with Crippen molar-refractivity contribution in [3.05, 3.63) is 65.5 Å². The van der Waals surface area contributed by atoms with Crippen LogP contribution in [0, 0.1) is 5.82 Å². The van der Waals surface area contributed by atoms with E-state index in [1.54, 1.807) is 12.1 Å². The van der Waals surface area contributed by atoms with Gasteiger partial charge in [0.05, 0.1) is 5.56 Å².